The van der Waals surface area contributed by atoms with Crippen molar-refractivity contribution in [2.45, 2.75) is 22.3 Å². The molecule has 1 heterocycles. The molecule has 0 aromatic heterocycles. The maximum absolute atomic E-state index is 12.5. The van der Waals surface area contributed by atoms with Crippen molar-refractivity contribution in [1.29, 1.82) is 0 Å². The first-order chi connectivity index (χ1) is 11.3. The fraction of sp³-hybridized carbons (Fsp3) is 0.235. The minimum absolute atomic E-state index is 0.00647. The highest BCUT2D eigenvalue weighted by atomic mass is 32.2. The molecule has 0 spiro atoms. The van der Waals surface area contributed by atoms with Crippen LogP contribution >= 0.6 is 11.8 Å². The fourth-order valence-electron chi connectivity index (χ4n) is 2.35. The van der Waals surface area contributed by atoms with Crippen molar-refractivity contribution >= 4 is 27.7 Å². The number of aliphatic hydroxyl groups is 1. The first-order valence-corrected chi connectivity index (χ1v) is 9.66. The Bertz CT molecular complexity index is 874. The number of fused-ring (bicyclic) bond motifs is 1. The molecular weight excluding hydrogens is 348 g/mol. The lowest BCUT2D eigenvalue weighted by atomic mass is 9.95. The number of carbonyl (C=O) groups excluding carboxylic acids is 1. The van der Waals surface area contributed by atoms with Gasteiger partial charge in [0.15, 0.2) is 11.4 Å². The van der Waals surface area contributed by atoms with Crippen LogP contribution in [0.1, 0.15) is 15.9 Å². The number of benzene rings is 2. The van der Waals surface area contributed by atoms with Crippen molar-refractivity contribution in [3.63, 3.8) is 0 Å². The van der Waals surface area contributed by atoms with Gasteiger partial charge in [-0.25, -0.2) is 0 Å². The summed E-state index contributed by atoms with van der Waals surface area (Å²) < 4.78 is 29.4. The molecule has 1 aliphatic heterocycles. The molecule has 0 saturated carbocycles. The molecule has 3 rings (SSSR count). The molecule has 1 aliphatic rings. The van der Waals surface area contributed by atoms with Crippen LogP contribution in [0, 0.1) is 6.92 Å². The van der Waals surface area contributed by atoms with Crippen LogP contribution in [-0.2, 0) is 14.3 Å². The smallest absolute Gasteiger partial charge is 0.297 e. The molecule has 1 atom stereocenters. The predicted molar refractivity (Wildman–Crippen MR) is 90.8 cm³/mol. The van der Waals surface area contributed by atoms with E-state index in [4.69, 9.17) is 4.18 Å². The zero-order chi connectivity index (χ0) is 17.4. The molecule has 1 N–H and O–H groups in total. The summed E-state index contributed by atoms with van der Waals surface area (Å²) in [5, 5.41) is 10.6. The summed E-state index contributed by atoms with van der Waals surface area (Å²) in [6, 6.07) is 13.1. The Kier molecular flexibility index (Phi) is 4.52. The van der Waals surface area contributed by atoms with Crippen LogP contribution in [0.2, 0.25) is 0 Å². The lowest BCUT2D eigenvalue weighted by molar-refractivity contribution is 0.0191. The maximum Gasteiger partial charge on any atom is 0.297 e. The monoisotopic (exact) mass is 364 g/mol. The van der Waals surface area contributed by atoms with Gasteiger partial charge in [-0.15, -0.1) is 11.8 Å². The first-order valence-electron chi connectivity index (χ1n) is 7.27. The van der Waals surface area contributed by atoms with E-state index in [2.05, 4.69) is 0 Å². The average molecular weight is 364 g/mol. The van der Waals surface area contributed by atoms with E-state index in [1.165, 1.54) is 23.9 Å². The van der Waals surface area contributed by atoms with Gasteiger partial charge in [-0.05, 0) is 25.1 Å². The van der Waals surface area contributed by atoms with Gasteiger partial charge in [0.05, 0.1) is 4.90 Å². The molecule has 0 aliphatic carbocycles. The molecule has 0 bridgehead atoms. The minimum atomic E-state index is -4.04. The Hall–Kier alpha value is -1.67. The molecular formula is C17H16O5S2. The molecule has 0 fully saturated rings. The molecule has 126 valence electrons. The van der Waals surface area contributed by atoms with Gasteiger partial charge in [-0.1, -0.05) is 35.9 Å². The van der Waals surface area contributed by atoms with Crippen molar-refractivity contribution in [1.82, 2.24) is 0 Å². The first kappa shape index (κ1) is 17.2. The van der Waals surface area contributed by atoms with Gasteiger partial charge in [-0.2, -0.15) is 8.42 Å². The third-order valence-electron chi connectivity index (χ3n) is 3.78. The normalized spacial score (nSPS) is 20.7. The molecule has 2 aromatic rings. The van der Waals surface area contributed by atoms with Crippen LogP contribution in [0.3, 0.4) is 0 Å². The Balaban J connectivity index is 1.79. The van der Waals surface area contributed by atoms with Gasteiger partial charge in [0, 0.05) is 16.2 Å². The standard InChI is InChI=1S/C17H16O5S2/c1-12-6-8-13(9-7-12)24(20,21)22-10-17(19)11-23-15-5-3-2-4-14(15)16(17)18/h2-9,19H,10-11H2,1H3. The highest BCUT2D eigenvalue weighted by Gasteiger charge is 2.42. The van der Waals surface area contributed by atoms with Gasteiger partial charge < -0.3 is 5.11 Å². The van der Waals surface area contributed by atoms with Crippen molar-refractivity contribution in [2.24, 2.45) is 0 Å². The number of aryl methyl sites for hydroxylation is 1. The number of thioether (sulfide) groups is 1. The molecule has 7 heteroatoms. The molecule has 1 unspecified atom stereocenters. The van der Waals surface area contributed by atoms with E-state index < -0.39 is 28.1 Å². The average Bonchev–Trinajstić information content (AvgIpc) is 2.58. The zero-order valence-corrected chi connectivity index (χ0v) is 14.6. The summed E-state index contributed by atoms with van der Waals surface area (Å²) in [4.78, 5) is 13.3. The summed E-state index contributed by atoms with van der Waals surface area (Å²) in [6.07, 6.45) is 0. The van der Waals surface area contributed by atoms with Crippen molar-refractivity contribution in [3.05, 3.63) is 59.7 Å². The minimum Gasteiger partial charge on any atom is -0.378 e. The van der Waals surface area contributed by atoms with Crippen molar-refractivity contribution in [2.75, 3.05) is 12.4 Å². The quantitative estimate of drug-likeness (QED) is 0.839. The van der Waals surface area contributed by atoms with E-state index in [1.54, 1.807) is 30.3 Å². The topological polar surface area (TPSA) is 80.7 Å². The molecule has 0 saturated heterocycles. The molecule has 5 nitrogen and oxygen atoms in total. The summed E-state index contributed by atoms with van der Waals surface area (Å²) in [5.74, 6) is -0.470. The second kappa shape index (κ2) is 6.33. The number of hydrogen-bond acceptors (Lipinski definition) is 6. The summed E-state index contributed by atoms with van der Waals surface area (Å²) in [6.45, 7) is 1.23. The van der Waals surface area contributed by atoms with Crippen molar-refractivity contribution < 1.29 is 22.5 Å². The van der Waals surface area contributed by atoms with Crippen LogP contribution in [0.15, 0.2) is 58.3 Å². The van der Waals surface area contributed by atoms with Crippen LogP contribution < -0.4 is 0 Å². The van der Waals surface area contributed by atoms with E-state index in [1.807, 2.05) is 13.0 Å². The number of Topliss-reactive ketones (excluding diaryl/α,β-unsaturated/α-hetero) is 1. The highest BCUT2D eigenvalue weighted by molar-refractivity contribution is 7.99. The molecule has 2 aromatic carbocycles. The molecule has 0 amide bonds. The number of ketones is 1. The Labute approximate surface area is 144 Å². The third kappa shape index (κ3) is 3.25. The van der Waals surface area contributed by atoms with Gasteiger partial charge in [0.25, 0.3) is 10.1 Å². The van der Waals surface area contributed by atoms with E-state index in [-0.39, 0.29) is 10.6 Å². The number of rotatable bonds is 4. The lowest BCUT2D eigenvalue weighted by Gasteiger charge is -2.30. The van der Waals surface area contributed by atoms with E-state index in [9.17, 15) is 18.3 Å². The largest absolute Gasteiger partial charge is 0.378 e. The predicted octanol–water partition coefficient (Wildman–Crippen LogP) is 2.42. The van der Waals surface area contributed by atoms with Crippen LogP contribution in [0.4, 0.5) is 0 Å². The van der Waals surface area contributed by atoms with Gasteiger partial charge in [0.1, 0.15) is 6.61 Å². The van der Waals surface area contributed by atoms with E-state index in [0.29, 0.717) is 5.56 Å². The summed E-state index contributed by atoms with van der Waals surface area (Å²) in [7, 11) is -4.04. The van der Waals surface area contributed by atoms with Crippen LogP contribution in [0.25, 0.3) is 0 Å². The SMILES string of the molecule is Cc1ccc(S(=O)(=O)OCC2(O)CSc3ccccc3C2=O)cc1. The van der Waals surface area contributed by atoms with E-state index >= 15 is 0 Å². The van der Waals surface area contributed by atoms with Crippen LogP contribution in [-0.4, -0.2) is 37.3 Å². The maximum atomic E-state index is 12.5. The Morgan fingerprint density at radius 1 is 1.17 bits per heavy atom. The second-order valence-corrected chi connectivity index (χ2v) is 8.31. The van der Waals surface area contributed by atoms with Crippen LogP contribution in [0.5, 0.6) is 0 Å². The van der Waals surface area contributed by atoms with Gasteiger partial charge >= 0.3 is 0 Å². The zero-order valence-electron chi connectivity index (χ0n) is 12.9. The van der Waals surface area contributed by atoms with E-state index in [0.717, 1.165) is 10.5 Å². The fourth-order valence-corrected chi connectivity index (χ4v) is 4.40. The van der Waals surface area contributed by atoms with Gasteiger partial charge in [0.2, 0.25) is 0 Å². The van der Waals surface area contributed by atoms with Gasteiger partial charge in [-0.3, -0.25) is 8.98 Å². The lowest BCUT2D eigenvalue weighted by Crippen LogP contribution is -2.48. The summed E-state index contributed by atoms with van der Waals surface area (Å²) >= 11 is 1.30. The Morgan fingerprint density at radius 3 is 2.54 bits per heavy atom. The third-order valence-corrected chi connectivity index (χ3v) is 6.35. The summed E-state index contributed by atoms with van der Waals surface area (Å²) in [5.41, 5.74) is -0.563. The molecule has 0 radical (unpaired) electrons. The van der Waals surface area contributed by atoms with Crippen molar-refractivity contribution in [3.8, 4) is 0 Å². The molecule has 24 heavy (non-hydrogen) atoms. The number of carbonyl (C=O) groups is 1. The Morgan fingerprint density at radius 2 is 1.83 bits per heavy atom. The number of hydrogen-bond donors (Lipinski definition) is 1. The second-order valence-electron chi connectivity index (χ2n) is 5.67. The highest BCUT2D eigenvalue weighted by Crippen LogP contribution is 2.35.